The average molecular weight is 130 g/mol. The highest BCUT2D eigenvalue weighted by atomic mass is 16.6. The zero-order chi connectivity index (χ0) is 6.85. The van der Waals surface area contributed by atoms with Gasteiger partial charge in [0.1, 0.15) is 0 Å². The maximum atomic E-state index is 10.6. The van der Waals surface area contributed by atoms with Crippen LogP contribution in [0.5, 0.6) is 0 Å². The van der Waals surface area contributed by atoms with Crippen LogP contribution in [-0.2, 0) is 9.53 Å². The number of esters is 1. The van der Waals surface area contributed by atoms with Crippen LogP contribution in [0.25, 0.3) is 0 Å². The third-order valence-electron chi connectivity index (χ3n) is 1.20. The number of hydrogen-bond donors (Lipinski definition) is 1. The molecule has 9 heavy (non-hydrogen) atoms. The van der Waals surface area contributed by atoms with E-state index in [1.807, 2.05) is 0 Å². The first kappa shape index (κ1) is 6.55. The fourth-order valence-corrected chi connectivity index (χ4v) is 0.583. The van der Waals surface area contributed by atoms with E-state index in [9.17, 15) is 4.79 Å². The van der Waals surface area contributed by atoms with Gasteiger partial charge in [0, 0.05) is 0 Å². The fourth-order valence-electron chi connectivity index (χ4n) is 0.583. The molecular weight excluding hydrogens is 120 g/mol. The van der Waals surface area contributed by atoms with Crippen molar-refractivity contribution in [2.75, 3.05) is 0 Å². The first-order chi connectivity index (χ1) is 4.20. The number of carbonyl (C=O) groups excluding carboxylic acids is 1. The summed E-state index contributed by atoms with van der Waals surface area (Å²) < 4.78 is 4.49. The summed E-state index contributed by atoms with van der Waals surface area (Å²) in [6.07, 6.45) is 0.898. The molecule has 0 heterocycles. The zero-order valence-electron chi connectivity index (χ0n) is 5.33. The largest absolute Gasteiger partial charge is 0.436 e. The number of carbonyl (C=O) groups is 1. The Kier molecular flexibility index (Phi) is 1.71. The number of rotatable bonds is 2. The van der Waals surface area contributed by atoms with Crippen LogP contribution in [0, 0.1) is 5.92 Å². The van der Waals surface area contributed by atoms with Crippen molar-refractivity contribution in [2.45, 2.75) is 26.1 Å². The highest BCUT2D eigenvalue weighted by molar-refractivity contribution is 5.74. The van der Waals surface area contributed by atoms with Crippen LogP contribution in [0.4, 0.5) is 0 Å². The van der Waals surface area contributed by atoms with Crippen molar-refractivity contribution in [3.8, 4) is 0 Å². The van der Waals surface area contributed by atoms with Crippen LogP contribution in [0.2, 0.25) is 0 Å². The molecule has 1 aliphatic carbocycles. The Labute approximate surface area is 53.6 Å². The van der Waals surface area contributed by atoms with Gasteiger partial charge >= 0.3 is 5.97 Å². The Bertz CT molecular complexity index is 115. The molecule has 0 aliphatic heterocycles. The van der Waals surface area contributed by atoms with Crippen molar-refractivity contribution in [1.29, 1.82) is 0 Å². The number of aliphatic hydroxyl groups is 1. The van der Waals surface area contributed by atoms with Gasteiger partial charge in [-0.05, 0) is 19.8 Å². The minimum absolute atomic E-state index is 0.0830. The lowest BCUT2D eigenvalue weighted by Crippen LogP contribution is -2.14. The Balaban J connectivity index is 2.18. The molecule has 1 saturated carbocycles. The van der Waals surface area contributed by atoms with Crippen LogP contribution in [0.1, 0.15) is 19.8 Å². The molecule has 1 rings (SSSR count). The van der Waals surface area contributed by atoms with Crippen LogP contribution in [0.15, 0.2) is 0 Å². The molecule has 1 unspecified atom stereocenters. The minimum atomic E-state index is -0.946. The quantitative estimate of drug-likeness (QED) is 0.431. The Morgan fingerprint density at radius 2 is 2.33 bits per heavy atom. The lowest BCUT2D eigenvalue weighted by molar-refractivity contribution is -0.166. The van der Waals surface area contributed by atoms with E-state index < -0.39 is 6.29 Å². The maximum absolute atomic E-state index is 10.6. The SMILES string of the molecule is CC(O)OC(=O)C1CC1. The van der Waals surface area contributed by atoms with Crippen LogP contribution in [-0.4, -0.2) is 17.4 Å². The molecule has 0 aromatic heterocycles. The summed E-state index contributed by atoms with van der Waals surface area (Å²) in [7, 11) is 0. The van der Waals surface area contributed by atoms with Crippen molar-refractivity contribution >= 4 is 5.97 Å². The minimum Gasteiger partial charge on any atom is -0.436 e. The Morgan fingerprint density at radius 3 is 2.67 bits per heavy atom. The van der Waals surface area contributed by atoms with Crippen molar-refractivity contribution in [2.24, 2.45) is 5.92 Å². The van der Waals surface area contributed by atoms with Crippen LogP contribution < -0.4 is 0 Å². The van der Waals surface area contributed by atoms with Gasteiger partial charge in [-0.1, -0.05) is 0 Å². The summed E-state index contributed by atoms with van der Waals surface area (Å²) in [6.45, 7) is 1.43. The maximum Gasteiger partial charge on any atom is 0.311 e. The number of ether oxygens (including phenoxy) is 1. The average Bonchev–Trinajstić information content (AvgIpc) is 2.40. The lowest BCUT2D eigenvalue weighted by Gasteiger charge is -2.04. The second-order valence-electron chi connectivity index (χ2n) is 2.31. The van der Waals surface area contributed by atoms with E-state index in [1.165, 1.54) is 6.92 Å². The first-order valence-corrected chi connectivity index (χ1v) is 3.08. The topological polar surface area (TPSA) is 46.5 Å². The van der Waals surface area contributed by atoms with Crippen LogP contribution >= 0.6 is 0 Å². The van der Waals surface area contributed by atoms with Crippen molar-refractivity contribution in [3.63, 3.8) is 0 Å². The third kappa shape index (κ3) is 2.01. The van der Waals surface area contributed by atoms with Gasteiger partial charge in [-0.3, -0.25) is 4.79 Å². The molecule has 0 aromatic carbocycles. The predicted octanol–water partition coefficient (Wildman–Crippen LogP) is 0.278. The third-order valence-corrected chi connectivity index (χ3v) is 1.20. The molecular formula is C6H10O3. The molecule has 0 bridgehead atoms. The summed E-state index contributed by atoms with van der Waals surface area (Å²) in [4.78, 5) is 10.6. The molecule has 0 aromatic rings. The van der Waals surface area contributed by atoms with Gasteiger partial charge < -0.3 is 9.84 Å². The molecule has 1 N–H and O–H groups in total. The van der Waals surface area contributed by atoms with E-state index >= 15 is 0 Å². The molecule has 0 spiro atoms. The van der Waals surface area contributed by atoms with Gasteiger partial charge in [0.15, 0.2) is 6.29 Å². The van der Waals surface area contributed by atoms with E-state index in [2.05, 4.69) is 4.74 Å². The van der Waals surface area contributed by atoms with Crippen molar-refractivity contribution in [3.05, 3.63) is 0 Å². The van der Waals surface area contributed by atoms with Crippen molar-refractivity contribution < 1.29 is 14.6 Å². The summed E-state index contributed by atoms with van der Waals surface area (Å²) in [5.41, 5.74) is 0. The van der Waals surface area contributed by atoms with Crippen molar-refractivity contribution in [1.82, 2.24) is 0 Å². The number of aliphatic hydroxyl groups excluding tert-OH is 1. The van der Waals surface area contributed by atoms with Gasteiger partial charge in [-0.15, -0.1) is 0 Å². The second kappa shape index (κ2) is 2.35. The van der Waals surface area contributed by atoms with E-state index in [-0.39, 0.29) is 11.9 Å². The first-order valence-electron chi connectivity index (χ1n) is 3.08. The smallest absolute Gasteiger partial charge is 0.311 e. The summed E-state index contributed by atoms with van der Waals surface area (Å²) >= 11 is 0. The van der Waals surface area contributed by atoms with E-state index in [0.717, 1.165) is 12.8 Å². The van der Waals surface area contributed by atoms with E-state index in [0.29, 0.717) is 0 Å². The van der Waals surface area contributed by atoms with Gasteiger partial charge in [0.05, 0.1) is 5.92 Å². The van der Waals surface area contributed by atoms with Gasteiger partial charge in [0.2, 0.25) is 0 Å². The zero-order valence-corrected chi connectivity index (χ0v) is 5.33. The predicted molar refractivity (Wildman–Crippen MR) is 30.5 cm³/mol. The summed E-state index contributed by atoms with van der Waals surface area (Å²) in [5, 5.41) is 8.56. The van der Waals surface area contributed by atoms with E-state index in [1.54, 1.807) is 0 Å². The molecule has 3 nitrogen and oxygen atoms in total. The molecule has 0 saturated heterocycles. The monoisotopic (exact) mass is 130 g/mol. The fraction of sp³-hybridized carbons (Fsp3) is 0.833. The van der Waals surface area contributed by atoms with Gasteiger partial charge in [0.25, 0.3) is 0 Å². The second-order valence-corrected chi connectivity index (χ2v) is 2.31. The van der Waals surface area contributed by atoms with E-state index in [4.69, 9.17) is 5.11 Å². The molecule has 3 heteroatoms. The highest BCUT2D eigenvalue weighted by Crippen LogP contribution is 2.30. The van der Waals surface area contributed by atoms with Gasteiger partial charge in [-0.2, -0.15) is 0 Å². The Morgan fingerprint density at radius 1 is 1.78 bits per heavy atom. The summed E-state index contributed by atoms with van der Waals surface area (Å²) in [6, 6.07) is 0. The Hall–Kier alpha value is -0.570. The molecule has 1 atom stereocenters. The lowest BCUT2D eigenvalue weighted by atomic mass is 10.4. The normalized spacial score (nSPS) is 21.1. The molecule has 1 aliphatic rings. The standard InChI is InChI=1S/C6H10O3/c1-4(7)9-6(8)5-2-3-5/h4-5,7H,2-3H2,1H3. The van der Waals surface area contributed by atoms with Gasteiger partial charge in [-0.25, -0.2) is 0 Å². The number of hydrogen-bond acceptors (Lipinski definition) is 3. The highest BCUT2D eigenvalue weighted by Gasteiger charge is 2.31. The molecule has 0 amide bonds. The molecule has 52 valence electrons. The molecule has 1 fully saturated rings. The van der Waals surface area contributed by atoms with Crippen LogP contribution in [0.3, 0.4) is 0 Å². The summed E-state index contributed by atoms with van der Waals surface area (Å²) in [5.74, 6) is -0.176. The molecule has 0 radical (unpaired) electrons.